The highest BCUT2D eigenvalue weighted by Gasteiger charge is 2.27. The summed E-state index contributed by atoms with van der Waals surface area (Å²) in [5, 5.41) is 0. The molecule has 170 valence electrons. The number of aromatic amines is 1. The molecule has 0 fully saturated rings. The zero-order valence-electron chi connectivity index (χ0n) is 19.0. The number of methoxy groups -OCH3 is 2. The number of imidazole rings is 1. The first-order valence-electron chi connectivity index (χ1n) is 10.3. The second-order valence-electron chi connectivity index (χ2n) is 7.43. The minimum absolute atomic E-state index is 0.0889. The summed E-state index contributed by atoms with van der Waals surface area (Å²) >= 11 is 0. The molecule has 2 aromatic carbocycles. The molecule has 0 saturated heterocycles. The van der Waals surface area contributed by atoms with Crippen LogP contribution in [0.25, 0.3) is 12.2 Å². The van der Waals surface area contributed by atoms with Crippen LogP contribution in [0.5, 0.6) is 11.5 Å². The van der Waals surface area contributed by atoms with E-state index in [4.69, 9.17) is 14.2 Å². The average molecular weight is 447 g/mol. The summed E-state index contributed by atoms with van der Waals surface area (Å²) in [6, 6.07) is 11.4. The van der Waals surface area contributed by atoms with Crippen molar-refractivity contribution in [1.82, 2.24) is 9.97 Å². The van der Waals surface area contributed by atoms with E-state index in [-0.39, 0.29) is 17.0 Å². The van der Waals surface area contributed by atoms with Gasteiger partial charge in [0.15, 0.2) is 5.75 Å². The maximum Gasteiger partial charge on any atom is 0.361 e. The minimum Gasteiger partial charge on any atom is -0.496 e. The summed E-state index contributed by atoms with van der Waals surface area (Å²) < 4.78 is 16.4. The molecule has 0 saturated carbocycles. The van der Waals surface area contributed by atoms with Gasteiger partial charge in [-0.25, -0.2) is 14.6 Å². The van der Waals surface area contributed by atoms with Crippen LogP contribution >= 0.6 is 0 Å². The molecule has 7 heteroatoms. The van der Waals surface area contributed by atoms with E-state index >= 15 is 0 Å². The van der Waals surface area contributed by atoms with Gasteiger partial charge in [-0.2, -0.15) is 0 Å². The Bertz CT molecular complexity index is 1180. The predicted octanol–water partition coefficient (Wildman–Crippen LogP) is 5.10. The third-order valence-corrected chi connectivity index (χ3v) is 4.87. The van der Waals surface area contributed by atoms with Crippen LogP contribution in [0.3, 0.4) is 0 Å². The van der Waals surface area contributed by atoms with E-state index < -0.39 is 11.9 Å². The second kappa shape index (κ2) is 10.9. The van der Waals surface area contributed by atoms with E-state index in [0.717, 1.165) is 11.1 Å². The van der Waals surface area contributed by atoms with Crippen molar-refractivity contribution in [2.45, 2.75) is 20.3 Å². The van der Waals surface area contributed by atoms with Gasteiger partial charge in [-0.05, 0) is 37.5 Å². The molecule has 0 amide bonds. The number of H-pyrrole nitrogens is 1. The molecule has 0 aliphatic carbocycles. The summed E-state index contributed by atoms with van der Waals surface area (Å²) in [7, 11) is 2.82. The molecular weight excluding hydrogens is 420 g/mol. The molecule has 33 heavy (non-hydrogen) atoms. The molecule has 0 spiro atoms. The lowest BCUT2D eigenvalue weighted by Crippen LogP contribution is -2.16. The lowest BCUT2D eigenvalue weighted by atomic mass is 9.97. The number of allylic oxidation sites excluding steroid dienone is 2. The van der Waals surface area contributed by atoms with Crippen molar-refractivity contribution >= 4 is 24.1 Å². The Kier molecular flexibility index (Phi) is 7.81. The first kappa shape index (κ1) is 23.5. The average Bonchev–Trinajstić information content (AvgIpc) is 3.37. The van der Waals surface area contributed by atoms with Gasteiger partial charge in [0.2, 0.25) is 0 Å². The first-order valence-corrected chi connectivity index (χ1v) is 10.3. The van der Waals surface area contributed by atoms with Crippen molar-refractivity contribution in [3.63, 3.8) is 0 Å². The van der Waals surface area contributed by atoms with Crippen LogP contribution < -0.4 is 9.47 Å². The number of esters is 2. The topological polar surface area (TPSA) is 90.5 Å². The quantitative estimate of drug-likeness (QED) is 0.224. The number of rotatable bonds is 8. The highest BCUT2D eigenvalue weighted by molar-refractivity contribution is 6.00. The molecule has 0 radical (unpaired) electrons. The third kappa shape index (κ3) is 5.77. The van der Waals surface area contributed by atoms with Gasteiger partial charge < -0.3 is 19.2 Å². The number of carbonyl (C=O) groups is 2. The number of hydrogen-bond donors (Lipinski definition) is 1. The number of nitrogens with one attached hydrogen (secondary N) is 1. The van der Waals surface area contributed by atoms with Crippen LogP contribution in [-0.4, -0.2) is 36.1 Å². The van der Waals surface area contributed by atoms with Gasteiger partial charge in [0.05, 0.1) is 26.7 Å². The molecule has 1 heterocycles. The summed E-state index contributed by atoms with van der Waals surface area (Å²) in [5.74, 6) is -0.732. The fourth-order valence-corrected chi connectivity index (χ4v) is 3.20. The van der Waals surface area contributed by atoms with Crippen LogP contribution in [0.15, 0.2) is 60.6 Å². The van der Waals surface area contributed by atoms with Crippen LogP contribution in [0.1, 0.15) is 51.4 Å². The van der Waals surface area contributed by atoms with E-state index in [1.807, 2.05) is 56.3 Å². The van der Waals surface area contributed by atoms with Crippen molar-refractivity contribution in [2.75, 3.05) is 14.2 Å². The van der Waals surface area contributed by atoms with Crippen molar-refractivity contribution in [1.29, 1.82) is 0 Å². The molecule has 0 atom stereocenters. The fraction of sp³-hybridized carbons (Fsp3) is 0.192. The second-order valence-corrected chi connectivity index (χ2v) is 7.43. The lowest BCUT2D eigenvalue weighted by Gasteiger charge is -2.18. The van der Waals surface area contributed by atoms with Crippen LogP contribution in [0, 0.1) is 0 Å². The van der Waals surface area contributed by atoms with Gasteiger partial charge in [-0.15, -0.1) is 0 Å². The smallest absolute Gasteiger partial charge is 0.361 e. The monoisotopic (exact) mass is 446 g/mol. The Morgan fingerprint density at radius 2 is 1.82 bits per heavy atom. The summed E-state index contributed by atoms with van der Waals surface area (Å²) in [6.07, 6.45) is 8.71. The molecule has 3 rings (SSSR count). The lowest BCUT2D eigenvalue weighted by molar-refractivity contribution is 0.0592. The van der Waals surface area contributed by atoms with E-state index in [1.54, 1.807) is 12.1 Å². The van der Waals surface area contributed by atoms with Crippen LogP contribution in [0.4, 0.5) is 0 Å². The molecule has 7 nitrogen and oxygen atoms in total. The Hall–Kier alpha value is -4.13. The number of carbonyl (C=O) groups excluding carboxylic acids is 2. The number of benzene rings is 2. The van der Waals surface area contributed by atoms with Gasteiger partial charge in [0.25, 0.3) is 0 Å². The van der Waals surface area contributed by atoms with Crippen molar-refractivity contribution in [3.8, 4) is 11.5 Å². The van der Waals surface area contributed by atoms with Gasteiger partial charge in [-0.3, -0.25) is 0 Å². The molecular formula is C26H26N2O5. The molecule has 3 aromatic rings. The SMILES string of the molecule is COC(=O)c1c(C=Cc2ccccc2)cc(OC)c(CC=C(C)C)c1OC(=O)c1cnc[nH]1. The van der Waals surface area contributed by atoms with Crippen LogP contribution in [-0.2, 0) is 11.2 Å². The van der Waals surface area contributed by atoms with Gasteiger partial charge in [0.1, 0.15) is 17.0 Å². The first-order chi connectivity index (χ1) is 15.9. The van der Waals surface area contributed by atoms with Crippen molar-refractivity contribution in [3.05, 3.63) is 88.5 Å². The molecule has 0 aliphatic rings. The maximum absolute atomic E-state index is 12.9. The summed E-state index contributed by atoms with van der Waals surface area (Å²) in [5.41, 5.74) is 3.35. The highest BCUT2D eigenvalue weighted by Crippen LogP contribution is 2.38. The van der Waals surface area contributed by atoms with Gasteiger partial charge >= 0.3 is 11.9 Å². The molecule has 1 N–H and O–H groups in total. The van der Waals surface area contributed by atoms with Crippen molar-refractivity contribution in [2.24, 2.45) is 0 Å². The Labute approximate surface area is 192 Å². The summed E-state index contributed by atoms with van der Waals surface area (Å²) in [6.45, 7) is 3.92. The minimum atomic E-state index is -0.678. The predicted molar refractivity (Wildman–Crippen MR) is 126 cm³/mol. The molecule has 0 aliphatic heterocycles. The van der Waals surface area contributed by atoms with Gasteiger partial charge in [0, 0.05) is 5.56 Å². The zero-order chi connectivity index (χ0) is 23.8. The Morgan fingerprint density at radius 3 is 2.42 bits per heavy atom. The number of hydrogen-bond acceptors (Lipinski definition) is 6. The molecule has 1 aromatic heterocycles. The normalized spacial score (nSPS) is 10.7. The van der Waals surface area contributed by atoms with E-state index in [9.17, 15) is 9.59 Å². The third-order valence-electron chi connectivity index (χ3n) is 4.87. The maximum atomic E-state index is 12.9. The zero-order valence-corrected chi connectivity index (χ0v) is 19.0. The standard InChI is InChI=1S/C26H26N2O5/c1-17(2)10-13-20-22(31-3)14-19(12-11-18-8-6-5-7-9-18)23(26(30)32-4)24(20)33-25(29)21-15-27-16-28-21/h5-12,14-16H,13H2,1-4H3,(H,27,28). The molecule has 0 unspecified atom stereocenters. The Balaban J connectivity index is 2.22. The molecule has 0 bridgehead atoms. The van der Waals surface area contributed by atoms with Crippen LogP contribution in [0.2, 0.25) is 0 Å². The number of nitrogens with zero attached hydrogens (tertiary/aromatic N) is 1. The van der Waals surface area contributed by atoms with E-state index in [1.165, 1.54) is 26.7 Å². The van der Waals surface area contributed by atoms with Crippen molar-refractivity contribution < 1.29 is 23.8 Å². The van der Waals surface area contributed by atoms with E-state index in [2.05, 4.69) is 9.97 Å². The number of ether oxygens (including phenoxy) is 3. The highest BCUT2D eigenvalue weighted by atomic mass is 16.5. The van der Waals surface area contributed by atoms with E-state index in [0.29, 0.717) is 23.3 Å². The van der Waals surface area contributed by atoms with Gasteiger partial charge in [-0.1, -0.05) is 54.1 Å². The largest absolute Gasteiger partial charge is 0.496 e. The Morgan fingerprint density at radius 1 is 1.06 bits per heavy atom. The fourth-order valence-electron chi connectivity index (χ4n) is 3.20. The number of aromatic nitrogens is 2. The summed E-state index contributed by atoms with van der Waals surface area (Å²) in [4.78, 5) is 32.3.